The highest BCUT2D eigenvalue weighted by atomic mass is 32.2. The quantitative estimate of drug-likeness (QED) is 0.707. The first kappa shape index (κ1) is 21.6. The second-order valence-corrected chi connectivity index (χ2v) is 11.8. The lowest BCUT2D eigenvalue weighted by molar-refractivity contribution is -0.128. The molecule has 0 amide bonds. The summed E-state index contributed by atoms with van der Waals surface area (Å²) in [7, 11) is -1.81. The van der Waals surface area contributed by atoms with Crippen LogP contribution in [-0.4, -0.2) is 48.0 Å². The van der Waals surface area contributed by atoms with Crippen molar-refractivity contribution in [3.05, 3.63) is 28.2 Å². The van der Waals surface area contributed by atoms with E-state index in [4.69, 9.17) is 4.74 Å². The summed E-state index contributed by atoms with van der Waals surface area (Å²) in [6.45, 7) is 6.74. The van der Waals surface area contributed by atoms with Crippen molar-refractivity contribution < 1.29 is 17.9 Å². The van der Waals surface area contributed by atoms with Gasteiger partial charge in [-0.2, -0.15) is 0 Å². The van der Waals surface area contributed by atoms with Gasteiger partial charge < -0.3 is 9.30 Å². The lowest BCUT2D eigenvalue weighted by Gasteiger charge is -2.39. The van der Waals surface area contributed by atoms with E-state index >= 15 is 0 Å². The van der Waals surface area contributed by atoms with Crippen molar-refractivity contribution in [3.63, 3.8) is 0 Å². The standard InChI is InChI=1S/C22H32N2O5S/c1-15-11-18(13-20(26)23(15)4)29-17-6-9-24(10-7-17)30(27,28)14-22-8-5-16(12-19(22)25)21(22,2)3/h11,13,16-17H,5-10,12,14H2,1-4H3. The number of ketones is 1. The lowest BCUT2D eigenvalue weighted by atomic mass is 9.70. The summed E-state index contributed by atoms with van der Waals surface area (Å²) in [6, 6.07) is 3.30. The molecule has 7 nitrogen and oxygen atoms in total. The number of piperidine rings is 1. The van der Waals surface area contributed by atoms with Crippen LogP contribution in [0.5, 0.6) is 5.75 Å². The van der Waals surface area contributed by atoms with Gasteiger partial charge in [0.15, 0.2) is 0 Å². The third-order valence-corrected chi connectivity index (χ3v) is 10.2. The number of aryl methyl sites for hydroxylation is 1. The molecule has 1 aliphatic heterocycles. The van der Waals surface area contributed by atoms with Crippen LogP contribution in [0.4, 0.5) is 0 Å². The van der Waals surface area contributed by atoms with E-state index in [2.05, 4.69) is 13.8 Å². The predicted molar refractivity (Wildman–Crippen MR) is 114 cm³/mol. The molecule has 0 spiro atoms. The van der Waals surface area contributed by atoms with Crippen molar-refractivity contribution in [2.45, 2.75) is 59.0 Å². The SMILES string of the molecule is Cc1cc(OC2CCN(S(=O)(=O)CC34CCC(CC3=O)C4(C)C)CC2)cc(=O)n1C. The molecule has 2 saturated carbocycles. The topological polar surface area (TPSA) is 85.7 Å². The molecular formula is C22H32N2O5S. The summed E-state index contributed by atoms with van der Waals surface area (Å²) in [6.07, 6.45) is 3.17. The summed E-state index contributed by atoms with van der Waals surface area (Å²) < 4.78 is 35.5. The Morgan fingerprint density at radius 1 is 1.13 bits per heavy atom. The second kappa shape index (κ2) is 7.19. The van der Waals surface area contributed by atoms with Gasteiger partial charge in [-0.15, -0.1) is 0 Å². The molecule has 0 N–H and O–H groups in total. The molecule has 4 rings (SSSR count). The number of hydrogen-bond acceptors (Lipinski definition) is 5. The zero-order valence-corrected chi connectivity index (χ0v) is 19.1. The Morgan fingerprint density at radius 3 is 2.33 bits per heavy atom. The summed E-state index contributed by atoms with van der Waals surface area (Å²) in [5.74, 6) is 0.904. The normalized spacial score (nSPS) is 29.5. The number of hydrogen-bond donors (Lipinski definition) is 0. The lowest BCUT2D eigenvalue weighted by Crippen LogP contribution is -2.49. The molecule has 2 heterocycles. The van der Waals surface area contributed by atoms with Crippen LogP contribution in [0.1, 0.15) is 51.6 Å². The Balaban J connectivity index is 1.41. The number of carbonyl (C=O) groups is 1. The van der Waals surface area contributed by atoms with E-state index in [1.807, 2.05) is 13.0 Å². The van der Waals surface area contributed by atoms with Gasteiger partial charge in [0.25, 0.3) is 5.56 Å². The van der Waals surface area contributed by atoms with Crippen molar-refractivity contribution in [1.82, 2.24) is 8.87 Å². The van der Waals surface area contributed by atoms with Crippen molar-refractivity contribution >= 4 is 15.8 Å². The number of rotatable bonds is 5. The van der Waals surface area contributed by atoms with E-state index in [0.717, 1.165) is 12.1 Å². The molecule has 30 heavy (non-hydrogen) atoms. The maximum Gasteiger partial charge on any atom is 0.254 e. The average molecular weight is 437 g/mol. The van der Waals surface area contributed by atoms with E-state index < -0.39 is 15.4 Å². The number of carbonyl (C=O) groups excluding carboxylic acids is 1. The van der Waals surface area contributed by atoms with Crippen LogP contribution in [0.15, 0.2) is 16.9 Å². The van der Waals surface area contributed by atoms with Crippen LogP contribution in [0, 0.1) is 23.7 Å². The van der Waals surface area contributed by atoms with Gasteiger partial charge in [-0.05, 0) is 50.0 Å². The molecular weight excluding hydrogens is 404 g/mol. The number of fused-ring (bicyclic) bond motifs is 2. The van der Waals surface area contributed by atoms with E-state index in [-0.39, 0.29) is 28.6 Å². The van der Waals surface area contributed by atoms with E-state index in [9.17, 15) is 18.0 Å². The molecule has 2 unspecified atom stereocenters. The number of nitrogens with zero attached hydrogens (tertiary/aromatic N) is 2. The van der Waals surface area contributed by atoms with E-state index in [1.165, 1.54) is 10.4 Å². The molecule has 3 fully saturated rings. The summed E-state index contributed by atoms with van der Waals surface area (Å²) in [5, 5.41) is 0. The molecule has 2 atom stereocenters. The van der Waals surface area contributed by atoms with Gasteiger partial charge in [-0.3, -0.25) is 9.59 Å². The van der Waals surface area contributed by atoms with Crippen molar-refractivity contribution in [1.29, 1.82) is 0 Å². The Hall–Kier alpha value is -1.67. The average Bonchev–Trinajstić information content (AvgIpc) is 3.00. The summed E-state index contributed by atoms with van der Waals surface area (Å²) in [4.78, 5) is 24.7. The molecule has 1 aromatic heterocycles. The highest BCUT2D eigenvalue weighted by molar-refractivity contribution is 7.89. The molecule has 0 radical (unpaired) electrons. The third-order valence-electron chi connectivity index (χ3n) is 8.14. The van der Waals surface area contributed by atoms with Crippen molar-refractivity contribution in [2.75, 3.05) is 18.8 Å². The molecule has 1 aromatic rings. The fraction of sp³-hybridized carbons (Fsp3) is 0.727. The maximum absolute atomic E-state index is 13.2. The van der Waals surface area contributed by atoms with Crippen LogP contribution >= 0.6 is 0 Å². The van der Waals surface area contributed by atoms with Gasteiger partial charge in [-0.1, -0.05) is 13.8 Å². The maximum atomic E-state index is 13.2. The van der Waals surface area contributed by atoms with Crippen molar-refractivity contribution in [2.24, 2.45) is 23.8 Å². The molecule has 3 aliphatic rings. The first-order chi connectivity index (χ1) is 14.0. The van der Waals surface area contributed by atoms with E-state index in [1.54, 1.807) is 11.6 Å². The van der Waals surface area contributed by atoms with Crippen LogP contribution in [-0.2, 0) is 21.9 Å². The Kier molecular flexibility index (Phi) is 5.17. The van der Waals surface area contributed by atoms with Gasteiger partial charge in [0.1, 0.15) is 17.6 Å². The van der Waals surface area contributed by atoms with Crippen LogP contribution in [0.3, 0.4) is 0 Å². The second-order valence-electron chi connectivity index (χ2n) is 9.87. The summed E-state index contributed by atoms with van der Waals surface area (Å²) in [5.41, 5.74) is -0.292. The largest absolute Gasteiger partial charge is 0.490 e. The minimum Gasteiger partial charge on any atom is -0.490 e. The molecule has 8 heteroatoms. The number of ether oxygens (including phenoxy) is 1. The fourth-order valence-electron chi connectivity index (χ4n) is 5.74. The van der Waals surface area contributed by atoms with Crippen molar-refractivity contribution in [3.8, 4) is 5.75 Å². The molecule has 166 valence electrons. The highest BCUT2D eigenvalue weighted by Gasteiger charge is 2.65. The van der Waals surface area contributed by atoms with Gasteiger partial charge in [0.2, 0.25) is 10.0 Å². The predicted octanol–water partition coefficient (Wildman–Crippen LogP) is 2.26. The first-order valence-electron chi connectivity index (χ1n) is 10.8. The fourth-order valence-corrected chi connectivity index (χ4v) is 7.99. The van der Waals surface area contributed by atoms with E-state index in [0.29, 0.717) is 50.4 Å². The van der Waals surface area contributed by atoms with Gasteiger partial charge in [-0.25, -0.2) is 12.7 Å². The number of Topliss-reactive ketones (excluding diaryl/α,β-unsaturated/α-hetero) is 1. The van der Waals surface area contributed by atoms with Crippen LogP contribution in [0.2, 0.25) is 0 Å². The minimum atomic E-state index is -3.53. The molecule has 1 saturated heterocycles. The Morgan fingerprint density at radius 2 is 1.80 bits per heavy atom. The number of pyridine rings is 1. The Labute approximate surface area is 178 Å². The van der Waals surface area contributed by atoms with Crippen LogP contribution in [0.25, 0.3) is 0 Å². The number of sulfonamides is 1. The van der Waals surface area contributed by atoms with Crippen LogP contribution < -0.4 is 10.3 Å². The van der Waals surface area contributed by atoms with Gasteiger partial charge in [0.05, 0.1) is 5.75 Å². The molecule has 0 aromatic carbocycles. The third kappa shape index (κ3) is 3.32. The smallest absolute Gasteiger partial charge is 0.254 e. The monoisotopic (exact) mass is 436 g/mol. The zero-order chi connectivity index (χ0) is 21.9. The summed E-state index contributed by atoms with van der Waals surface area (Å²) >= 11 is 0. The Bertz CT molecular complexity index is 1020. The first-order valence-corrected chi connectivity index (χ1v) is 12.4. The number of aromatic nitrogens is 1. The van der Waals surface area contributed by atoms with Gasteiger partial charge >= 0.3 is 0 Å². The highest BCUT2D eigenvalue weighted by Crippen LogP contribution is 2.64. The van der Waals surface area contributed by atoms with Gasteiger partial charge in [0, 0.05) is 43.7 Å². The molecule has 2 aliphatic carbocycles. The zero-order valence-electron chi connectivity index (χ0n) is 18.3. The molecule has 2 bridgehead atoms. The minimum absolute atomic E-state index is 0.0677.